The Labute approximate surface area is 106 Å². The van der Waals surface area contributed by atoms with E-state index < -0.39 is 4.92 Å². The van der Waals surface area contributed by atoms with Crippen LogP contribution in [0.2, 0.25) is 0 Å². The molecule has 98 valence electrons. The van der Waals surface area contributed by atoms with Gasteiger partial charge in [-0.2, -0.15) is 0 Å². The largest absolute Gasteiger partial charge is 0.370 e. The van der Waals surface area contributed by atoms with Crippen LogP contribution in [0.1, 0.15) is 27.2 Å². The van der Waals surface area contributed by atoms with E-state index in [0.29, 0.717) is 11.6 Å². The van der Waals surface area contributed by atoms with E-state index in [0.717, 1.165) is 13.0 Å². The summed E-state index contributed by atoms with van der Waals surface area (Å²) < 4.78 is 0. The van der Waals surface area contributed by atoms with Crippen molar-refractivity contribution < 1.29 is 4.92 Å². The third-order valence-electron chi connectivity index (χ3n) is 3.25. The maximum atomic E-state index is 11.0. The van der Waals surface area contributed by atoms with Gasteiger partial charge in [-0.25, -0.2) is 4.98 Å². The van der Waals surface area contributed by atoms with E-state index >= 15 is 0 Å². The Morgan fingerprint density at radius 3 is 2.72 bits per heavy atom. The van der Waals surface area contributed by atoms with Crippen LogP contribution in [0.25, 0.3) is 0 Å². The average Bonchev–Trinajstić information content (AvgIpc) is 2.86. The highest BCUT2D eigenvalue weighted by Crippen LogP contribution is 2.47. The van der Waals surface area contributed by atoms with E-state index in [1.54, 1.807) is 6.07 Å². The molecule has 18 heavy (non-hydrogen) atoms. The Morgan fingerprint density at radius 2 is 2.22 bits per heavy atom. The number of nitrogens with zero attached hydrogens (tertiary/aromatic N) is 2. The Morgan fingerprint density at radius 1 is 1.56 bits per heavy atom. The van der Waals surface area contributed by atoms with E-state index in [-0.39, 0.29) is 17.1 Å². The molecule has 1 aliphatic rings. The summed E-state index contributed by atoms with van der Waals surface area (Å²) in [5.41, 5.74) is 0.225. The summed E-state index contributed by atoms with van der Waals surface area (Å²) in [5, 5.41) is 17.2. The Balaban J connectivity index is 2.23. The smallest absolute Gasteiger partial charge is 0.311 e. The number of hydrogen-bond donors (Lipinski definition) is 2. The predicted octanol–water partition coefficient (Wildman–Crippen LogP) is 2.63. The standard InChI is InChI=1S/C12H18N4O2/c1-4-13-10-6-5-8(16(17)18)11(15-10)14-9-7-12(9,2)3/h5-6,9H,4,7H2,1-3H3,(H2,13,14,15). The van der Waals surface area contributed by atoms with Gasteiger partial charge in [-0.1, -0.05) is 13.8 Å². The van der Waals surface area contributed by atoms with Gasteiger partial charge in [-0.15, -0.1) is 0 Å². The number of pyridine rings is 1. The SMILES string of the molecule is CCNc1ccc([N+](=O)[O-])c(NC2CC2(C)C)n1. The van der Waals surface area contributed by atoms with Crippen LogP contribution in [0.5, 0.6) is 0 Å². The molecule has 0 spiro atoms. The second-order valence-electron chi connectivity index (χ2n) is 5.24. The fraction of sp³-hybridized carbons (Fsp3) is 0.583. The van der Waals surface area contributed by atoms with E-state index in [9.17, 15) is 10.1 Å². The molecule has 1 heterocycles. The van der Waals surface area contributed by atoms with E-state index in [2.05, 4.69) is 29.5 Å². The molecule has 2 rings (SSSR count). The molecule has 0 aliphatic heterocycles. The zero-order valence-electron chi connectivity index (χ0n) is 10.9. The van der Waals surface area contributed by atoms with Crippen molar-refractivity contribution in [2.45, 2.75) is 33.2 Å². The molecule has 2 N–H and O–H groups in total. The number of aromatic nitrogens is 1. The fourth-order valence-corrected chi connectivity index (χ4v) is 1.86. The molecule has 1 atom stereocenters. The molecule has 6 heteroatoms. The minimum Gasteiger partial charge on any atom is -0.370 e. The molecule has 1 aliphatic carbocycles. The fourth-order valence-electron chi connectivity index (χ4n) is 1.86. The van der Waals surface area contributed by atoms with Gasteiger partial charge in [0.25, 0.3) is 0 Å². The van der Waals surface area contributed by atoms with Gasteiger partial charge in [0.05, 0.1) is 4.92 Å². The van der Waals surface area contributed by atoms with Crippen molar-refractivity contribution in [3.63, 3.8) is 0 Å². The Hall–Kier alpha value is -1.85. The lowest BCUT2D eigenvalue weighted by Gasteiger charge is -2.10. The van der Waals surface area contributed by atoms with Gasteiger partial charge < -0.3 is 10.6 Å². The number of hydrogen-bond acceptors (Lipinski definition) is 5. The molecular weight excluding hydrogens is 232 g/mol. The lowest BCUT2D eigenvalue weighted by atomic mass is 10.2. The van der Waals surface area contributed by atoms with Crippen molar-refractivity contribution in [1.82, 2.24) is 4.98 Å². The topological polar surface area (TPSA) is 80.1 Å². The molecule has 0 aromatic carbocycles. The van der Waals surface area contributed by atoms with Crippen molar-refractivity contribution in [2.75, 3.05) is 17.2 Å². The van der Waals surface area contributed by atoms with E-state index in [1.165, 1.54) is 6.07 Å². The van der Waals surface area contributed by atoms with Gasteiger partial charge in [0, 0.05) is 18.7 Å². The molecular formula is C12H18N4O2. The van der Waals surface area contributed by atoms with Gasteiger partial charge in [0.15, 0.2) is 0 Å². The highest BCUT2D eigenvalue weighted by molar-refractivity contribution is 5.61. The highest BCUT2D eigenvalue weighted by atomic mass is 16.6. The molecule has 1 unspecified atom stereocenters. The first kappa shape index (κ1) is 12.6. The van der Waals surface area contributed by atoms with Crippen LogP contribution in [-0.4, -0.2) is 22.5 Å². The molecule has 0 bridgehead atoms. The monoisotopic (exact) mass is 250 g/mol. The van der Waals surface area contributed by atoms with Gasteiger partial charge in [-0.05, 0) is 24.8 Å². The summed E-state index contributed by atoms with van der Waals surface area (Å²) in [7, 11) is 0. The maximum absolute atomic E-state index is 11.0. The summed E-state index contributed by atoms with van der Waals surface area (Å²) in [6.45, 7) is 6.95. The average molecular weight is 250 g/mol. The molecule has 0 radical (unpaired) electrons. The third-order valence-corrected chi connectivity index (χ3v) is 3.25. The van der Waals surface area contributed by atoms with Crippen LogP contribution >= 0.6 is 0 Å². The maximum Gasteiger partial charge on any atom is 0.311 e. The summed E-state index contributed by atoms with van der Waals surface area (Å²) in [5.74, 6) is 1.01. The van der Waals surface area contributed by atoms with Crippen LogP contribution < -0.4 is 10.6 Å². The molecule has 1 fully saturated rings. The molecule has 1 aromatic heterocycles. The van der Waals surface area contributed by atoms with Gasteiger partial charge >= 0.3 is 5.69 Å². The second kappa shape index (κ2) is 4.44. The number of anilines is 2. The van der Waals surface area contributed by atoms with Crippen LogP contribution in [0, 0.1) is 15.5 Å². The van der Waals surface area contributed by atoms with Gasteiger partial charge in [0.1, 0.15) is 5.82 Å². The number of rotatable bonds is 5. The van der Waals surface area contributed by atoms with Gasteiger partial charge in [-0.3, -0.25) is 10.1 Å². The van der Waals surface area contributed by atoms with E-state index in [4.69, 9.17) is 0 Å². The van der Waals surface area contributed by atoms with Crippen molar-refractivity contribution in [1.29, 1.82) is 0 Å². The van der Waals surface area contributed by atoms with Crippen LogP contribution in [0.15, 0.2) is 12.1 Å². The van der Waals surface area contributed by atoms with Crippen LogP contribution in [0.4, 0.5) is 17.3 Å². The summed E-state index contributed by atoms with van der Waals surface area (Å²) >= 11 is 0. The first-order valence-electron chi connectivity index (χ1n) is 6.10. The lowest BCUT2D eigenvalue weighted by Crippen LogP contribution is -2.12. The minimum atomic E-state index is -0.402. The summed E-state index contributed by atoms with van der Waals surface area (Å²) in [4.78, 5) is 14.8. The normalized spacial score (nSPS) is 20.3. The summed E-state index contributed by atoms with van der Waals surface area (Å²) in [6, 6.07) is 3.38. The van der Waals surface area contributed by atoms with Crippen molar-refractivity contribution >= 4 is 17.3 Å². The van der Waals surface area contributed by atoms with Crippen LogP contribution in [-0.2, 0) is 0 Å². The van der Waals surface area contributed by atoms with Crippen molar-refractivity contribution in [2.24, 2.45) is 5.41 Å². The molecule has 6 nitrogen and oxygen atoms in total. The highest BCUT2D eigenvalue weighted by Gasteiger charge is 2.46. The Bertz CT molecular complexity index is 473. The molecule has 0 saturated heterocycles. The summed E-state index contributed by atoms with van der Waals surface area (Å²) in [6.07, 6.45) is 1.01. The first-order valence-corrected chi connectivity index (χ1v) is 6.10. The molecule has 0 amide bonds. The van der Waals surface area contributed by atoms with E-state index in [1.807, 2.05) is 6.92 Å². The molecule has 1 aromatic rings. The molecule has 1 saturated carbocycles. The Kier molecular flexibility index (Phi) is 3.11. The van der Waals surface area contributed by atoms with Gasteiger partial charge in [0.2, 0.25) is 5.82 Å². The second-order valence-corrected chi connectivity index (χ2v) is 5.24. The minimum absolute atomic E-state index is 0.0272. The number of nitrogens with one attached hydrogen (secondary N) is 2. The van der Waals surface area contributed by atoms with Crippen molar-refractivity contribution in [3.05, 3.63) is 22.2 Å². The lowest BCUT2D eigenvalue weighted by molar-refractivity contribution is -0.384. The zero-order chi connectivity index (χ0) is 13.3. The third kappa shape index (κ3) is 2.52. The van der Waals surface area contributed by atoms with Crippen molar-refractivity contribution in [3.8, 4) is 0 Å². The first-order chi connectivity index (χ1) is 8.44. The predicted molar refractivity (Wildman–Crippen MR) is 70.9 cm³/mol. The zero-order valence-corrected chi connectivity index (χ0v) is 10.9. The number of nitro groups is 1. The van der Waals surface area contributed by atoms with Crippen LogP contribution in [0.3, 0.4) is 0 Å². The quantitative estimate of drug-likeness (QED) is 0.620.